The van der Waals surface area contributed by atoms with Gasteiger partial charge in [-0.1, -0.05) is 36.4 Å². The standard InChI is InChI=1S/C29H28N2O6S2/c1-38(32,33)24-11-9-22(10-12-24)26(18-21-13-14-29(20-21)36-16-17-37-29)27-19-23-6-5-15-30-28(23)31(27)39(34,35)25-7-3-2-4-8-25/h2-12,15,18-19,21H,13-14,16-17,20H2,1H3. The van der Waals surface area contributed by atoms with Gasteiger partial charge in [-0.2, -0.15) is 0 Å². The number of hydrogen-bond donors (Lipinski definition) is 0. The van der Waals surface area contributed by atoms with Crippen LogP contribution in [0.15, 0.2) is 94.9 Å². The van der Waals surface area contributed by atoms with Crippen LogP contribution in [0.2, 0.25) is 0 Å². The van der Waals surface area contributed by atoms with Crippen LogP contribution in [0.3, 0.4) is 0 Å². The van der Waals surface area contributed by atoms with Crippen LogP contribution in [-0.4, -0.2) is 51.0 Å². The van der Waals surface area contributed by atoms with E-state index in [1.807, 2.05) is 12.1 Å². The Morgan fingerprint density at radius 3 is 2.36 bits per heavy atom. The zero-order chi connectivity index (χ0) is 27.3. The quantitative estimate of drug-likeness (QED) is 0.336. The van der Waals surface area contributed by atoms with Crippen LogP contribution in [0, 0.1) is 5.92 Å². The van der Waals surface area contributed by atoms with Gasteiger partial charge in [0.05, 0.1) is 28.7 Å². The maximum Gasteiger partial charge on any atom is 0.269 e. The van der Waals surface area contributed by atoms with Crippen molar-refractivity contribution >= 4 is 36.5 Å². The fourth-order valence-corrected chi connectivity index (χ4v) is 7.63. The normalized spacial score (nSPS) is 19.7. The Morgan fingerprint density at radius 2 is 1.67 bits per heavy atom. The average Bonchev–Trinajstić information content (AvgIpc) is 3.66. The van der Waals surface area contributed by atoms with E-state index in [1.165, 1.54) is 3.97 Å². The van der Waals surface area contributed by atoms with Gasteiger partial charge in [-0.25, -0.2) is 25.8 Å². The number of allylic oxidation sites excluding steroid dienone is 1. The molecule has 10 heteroatoms. The van der Waals surface area contributed by atoms with Gasteiger partial charge >= 0.3 is 0 Å². The third-order valence-corrected chi connectivity index (χ3v) is 10.2. The van der Waals surface area contributed by atoms with Gasteiger partial charge in [0.2, 0.25) is 0 Å². The summed E-state index contributed by atoms with van der Waals surface area (Å²) >= 11 is 0. The largest absolute Gasteiger partial charge is 0.348 e. The SMILES string of the molecule is CS(=O)(=O)c1ccc(C(=CC2CCC3(C2)OCCO3)c2cc3cccnc3n2S(=O)(=O)c2ccccc2)cc1. The summed E-state index contributed by atoms with van der Waals surface area (Å²) in [6.07, 6.45) is 7.02. The molecule has 6 rings (SSSR count). The zero-order valence-corrected chi connectivity index (χ0v) is 23.0. The minimum absolute atomic E-state index is 0.0616. The van der Waals surface area contributed by atoms with Gasteiger partial charge in [-0.15, -0.1) is 0 Å². The molecule has 1 saturated heterocycles. The number of hydrogen-bond acceptors (Lipinski definition) is 7. The van der Waals surface area contributed by atoms with Crippen molar-refractivity contribution in [1.82, 2.24) is 8.96 Å². The molecule has 0 amide bonds. The molecule has 2 aromatic carbocycles. The van der Waals surface area contributed by atoms with Gasteiger partial charge in [0.15, 0.2) is 21.3 Å². The molecular formula is C29H28N2O6S2. The third kappa shape index (κ3) is 4.82. The topological polar surface area (TPSA) is 105 Å². The van der Waals surface area contributed by atoms with Crippen molar-refractivity contribution in [2.75, 3.05) is 19.5 Å². The smallest absolute Gasteiger partial charge is 0.269 e. The molecule has 1 spiro atoms. The summed E-state index contributed by atoms with van der Waals surface area (Å²) in [5, 5.41) is 0.677. The van der Waals surface area contributed by atoms with E-state index >= 15 is 0 Å². The van der Waals surface area contributed by atoms with Crippen LogP contribution in [0.4, 0.5) is 0 Å². The number of pyridine rings is 1. The van der Waals surface area contributed by atoms with E-state index < -0.39 is 25.6 Å². The lowest BCUT2D eigenvalue weighted by molar-refractivity contribution is -0.151. The summed E-state index contributed by atoms with van der Waals surface area (Å²) in [5.74, 6) is -0.539. The van der Waals surface area contributed by atoms with E-state index in [9.17, 15) is 16.8 Å². The molecule has 2 aromatic heterocycles. The molecule has 0 radical (unpaired) electrons. The molecule has 2 fully saturated rings. The lowest BCUT2D eigenvalue weighted by atomic mass is 9.96. The van der Waals surface area contributed by atoms with E-state index in [2.05, 4.69) is 11.1 Å². The first-order valence-electron chi connectivity index (χ1n) is 12.7. The molecule has 4 aromatic rings. The van der Waals surface area contributed by atoms with E-state index in [0.29, 0.717) is 47.5 Å². The van der Waals surface area contributed by atoms with Gasteiger partial charge in [-0.3, -0.25) is 0 Å². The predicted octanol–water partition coefficient (Wildman–Crippen LogP) is 4.65. The molecule has 8 nitrogen and oxygen atoms in total. The highest BCUT2D eigenvalue weighted by molar-refractivity contribution is 7.90. The van der Waals surface area contributed by atoms with Crippen molar-refractivity contribution in [1.29, 1.82) is 0 Å². The Bertz CT molecular complexity index is 1770. The van der Waals surface area contributed by atoms with Crippen molar-refractivity contribution in [2.24, 2.45) is 5.92 Å². The molecule has 0 bridgehead atoms. The highest BCUT2D eigenvalue weighted by Gasteiger charge is 2.43. The number of benzene rings is 2. The molecule has 39 heavy (non-hydrogen) atoms. The fraction of sp³-hybridized carbons (Fsp3) is 0.276. The Kier molecular flexibility index (Phi) is 6.46. The molecular weight excluding hydrogens is 536 g/mol. The van der Waals surface area contributed by atoms with Crippen LogP contribution in [0.5, 0.6) is 0 Å². The third-order valence-electron chi connectivity index (χ3n) is 7.36. The highest BCUT2D eigenvalue weighted by atomic mass is 32.2. The summed E-state index contributed by atoms with van der Waals surface area (Å²) in [6.45, 7) is 1.12. The van der Waals surface area contributed by atoms with E-state index in [-0.39, 0.29) is 15.7 Å². The average molecular weight is 565 g/mol. The van der Waals surface area contributed by atoms with Gasteiger partial charge in [0.1, 0.15) is 0 Å². The second kappa shape index (κ2) is 9.71. The van der Waals surface area contributed by atoms with Crippen molar-refractivity contribution in [3.05, 3.63) is 96.3 Å². The van der Waals surface area contributed by atoms with E-state index in [4.69, 9.17) is 9.47 Å². The summed E-state index contributed by atoms with van der Waals surface area (Å²) in [6, 6.07) is 20.2. The monoisotopic (exact) mass is 564 g/mol. The van der Waals surface area contributed by atoms with Crippen LogP contribution >= 0.6 is 0 Å². The molecule has 1 aliphatic heterocycles. The maximum atomic E-state index is 14.1. The van der Waals surface area contributed by atoms with Gasteiger partial charge in [0.25, 0.3) is 10.0 Å². The minimum atomic E-state index is -4.03. The van der Waals surface area contributed by atoms with Gasteiger partial charge in [-0.05, 0) is 60.4 Å². The number of aromatic nitrogens is 2. The molecule has 1 unspecified atom stereocenters. The first-order valence-corrected chi connectivity index (χ1v) is 16.1. The molecule has 2 aliphatic rings. The Morgan fingerprint density at radius 1 is 0.949 bits per heavy atom. The first kappa shape index (κ1) is 25.9. The van der Waals surface area contributed by atoms with Crippen LogP contribution < -0.4 is 0 Å². The van der Waals surface area contributed by atoms with Gasteiger partial charge < -0.3 is 9.47 Å². The molecule has 1 saturated carbocycles. The van der Waals surface area contributed by atoms with Crippen molar-refractivity contribution < 1.29 is 26.3 Å². The number of nitrogens with zero attached hydrogens (tertiary/aromatic N) is 2. The Hall–Kier alpha value is -3.31. The highest BCUT2D eigenvalue weighted by Crippen LogP contribution is 2.43. The number of fused-ring (bicyclic) bond motifs is 1. The summed E-state index contributed by atoms with van der Waals surface area (Å²) < 4.78 is 65.6. The van der Waals surface area contributed by atoms with E-state index in [0.717, 1.165) is 19.1 Å². The molecule has 1 aliphatic carbocycles. The number of rotatable bonds is 6. The lowest BCUT2D eigenvalue weighted by Crippen LogP contribution is -2.25. The number of sulfone groups is 1. The van der Waals surface area contributed by atoms with Crippen LogP contribution in [0.25, 0.3) is 16.6 Å². The first-order chi connectivity index (χ1) is 18.7. The zero-order valence-electron chi connectivity index (χ0n) is 21.4. The summed E-state index contributed by atoms with van der Waals surface area (Å²) in [4.78, 5) is 4.78. The number of ether oxygens (including phenoxy) is 2. The summed E-state index contributed by atoms with van der Waals surface area (Å²) in [7, 11) is -7.42. The van der Waals surface area contributed by atoms with Crippen molar-refractivity contribution in [2.45, 2.75) is 34.8 Å². The maximum absolute atomic E-state index is 14.1. The van der Waals surface area contributed by atoms with Crippen molar-refractivity contribution in [3.8, 4) is 0 Å². The minimum Gasteiger partial charge on any atom is -0.348 e. The predicted molar refractivity (Wildman–Crippen MR) is 147 cm³/mol. The van der Waals surface area contributed by atoms with Gasteiger partial charge in [0, 0.05) is 36.3 Å². The molecule has 0 N–H and O–H groups in total. The molecule has 3 heterocycles. The molecule has 202 valence electrons. The Balaban J connectivity index is 1.56. The Labute approximate surface area is 227 Å². The second-order valence-corrected chi connectivity index (χ2v) is 13.8. The van der Waals surface area contributed by atoms with Crippen LogP contribution in [0.1, 0.15) is 30.5 Å². The lowest BCUT2D eigenvalue weighted by Gasteiger charge is -2.21. The van der Waals surface area contributed by atoms with Crippen LogP contribution in [-0.2, 0) is 29.3 Å². The van der Waals surface area contributed by atoms with Crippen molar-refractivity contribution in [3.63, 3.8) is 0 Å². The molecule has 1 atom stereocenters. The fourth-order valence-electron chi connectivity index (χ4n) is 5.50. The van der Waals surface area contributed by atoms with E-state index in [1.54, 1.807) is 66.9 Å². The second-order valence-electron chi connectivity index (χ2n) is 10.0. The summed E-state index contributed by atoms with van der Waals surface area (Å²) in [5.41, 5.74) is 2.14.